The zero-order chi connectivity index (χ0) is 26.8. The molecule has 2 aliphatic heterocycles. The van der Waals surface area contributed by atoms with Crippen LogP contribution in [-0.4, -0.2) is 65.9 Å². The summed E-state index contributed by atoms with van der Waals surface area (Å²) in [5.74, 6) is -0.188. The van der Waals surface area contributed by atoms with Gasteiger partial charge >= 0.3 is 0 Å². The van der Waals surface area contributed by atoms with Crippen LogP contribution in [0.5, 0.6) is 0 Å². The lowest BCUT2D eigenvalue weighted by Crippen LogP contribution is -2.66. The molecule has 2 saturated heterocycles. The SMILES string of the molecule is CCC(CC)[C@@H]1C(=O)N[C@H](C2Cc3ccccc3C2)C(=O)N1Cc1ccc(S)cc1C(=O)N1CCOCC1. The standard InChI is InChI=1S/C30H37N3O4S/c1-3-19(4-2)27-28(34)31-26(23-15-20-7-5-6-8-21(20)16-23)30(36)33(27)18-22-9-10-24(38)17-25(22)29(35)32-11-13-37-14-12-32/h5-10,17,19,23,26-27,38H,3-4,11-16,18H2,1-2H3,(H,31,34)/t26-,27-/m1/s1. The van der Waals surface area contributed by atoms with Gasteiger partial charge in [-0.25, -0.2) is 0 Å². The maximum Gasteiger partial charge on any atom is 0.254 e. The molecule has 2 fully saturated rings. The summed E-state index contributed by atoms with van der Waals surface area (Å²) < 4.78 is 5.43. The molecule has 0 saturated carbocycles. The van der Waals surface area contributed by atoms with Gasteiger partial charge in [-0.1, -0.05) is 57.0 Å². The van der Waals surface area contributed by atoms with E-state index in [9.17, 15) is 14.4 Å². The van der Waals surface area contributed by atoms with E-state index >= 15 is 0 Å². The molecular formula is C30H37N3O4S. The van der Waals surface area contributed by atoms with Crippen molar-refractivity contribution >= 4 is 30.4 Å². The van der Waals surface area contributed by atoms with E-state index in [1.165, 1.54) is 11.1 Å². The summed E-state index contributed by atoms with van der Waals surface area (Å²) in [5.41, 5.74) is 3.77. The maximum absolute atomic E-state index is 14.2. The number of morpholine rings is 1. The van der Waals surface area contributed by atoms with Crippen molar-refractivity contribution in [3.63, 3.8) is 0 Å². The van der Waals surface area contributed by atoms with Crippen molar-refractivity contribution in [1.82, 2.24) is 15.1 Å². The van der Waals surface area contributed by atoms with Gasteiger partial charge in [-0.15, -0.1) is 12.6 Å². The highest BCUT2D eigenvalue weighted by molar-refractivity contribution is 7.80. The van der Waals surface area contributed by atoms with E-state index in [2.05, 4.69) is 43.9 Å². The van der Waals surface area contributed by atoms with Crippen LogP contribution in [0, 0.1) is 11.8 Å². The Kier molecular flexibility index (Phi) is 8.09. The van der Waals surface area contributed by atoms with Crippen LogP contribution in [0.1, 0.15) is 53.7 Å². The molecule has 2 aromatic carbocycles. The molecule has 2 atom stereocenters. The first-order valence-electron chi connectivity index (χ1n) is 13.8. The number of carbonyl (C=O) groups is 3. The smallest absolute Gasteiger partial charge is 0.254 e. The highest BCUT2D eigenvalue weighted by Gasteiger charge is 2.47. The number of thiol groups is 1. The predicted molar refractivity (Wildman–Crippen MR) is 148 cm³/mol. The van der Waals surface area contributed by atoms with Crippen molar-refractivity contribution in [2.75, 3.05) is 26.3 Å². The van der Waals surface area contributed by atoms with Gasteiger partial charge in [0.15, 0.2) is 0 Å². The molecule has 3 amide bonds. The Morgan fingerprint density at radius 1 is 1.05 bits per heavy atom. The predicted octanol–water partition coefficient (Wildman–Crippen LogP) is 3.49. The number of piperazine rings is 1. The van der Waals surface area contributed by atoms with Gasteiger partial charge in [0.05, 0.1) is 13.2 Å². The van der Waals surface area contributed by atoms with E-state index in [0.717, 1.165) is 31.2 Å². The zero-order valence-corrected chi connectivity index (χ0v) is 23.1. The summed E-state index contributed by atoms with van der Waals surface area (Å²) in [5, 5.41) is 3.12. The molecule has 5 rings (SSSR count). The summed E-state index contributed by atoms with van der Waals surface area (Å²) in [7, 11) is 0. The fraction of sp³-hybridized carbons (Fsp3) is 0.500. The first-order valence-corrected chi connectivity index (χ1v) is 14.2. The number of amides is 3. The molecule has 2 heterocycles. The Morgan fingerprint density at radius 2 is 1.71 bits per heavy atom. The Hall–Kier alpha value is -2.84. The highest BCUT2D eigenvalue weighted by Crippen LogP contribution is 2.34. The van der Waals surface area contributed by atoms with E-state index in [0.29, 0.717) is 36.8 Å². The van der Waals surface area contributed by atoms with Crippen LogP contribution >= 0.6 is 12.6 Å². The van der Waals surface area contributed by atoms with Crippen molar-refractivity contribution in [2.45, 2.75) is 63.1 Å². The average molecular weight is 536 g/mol. The van der Waals surface area contributed by atoms with Gasteiger partial charge in [0.1, 0.15) is 12.1 Å². The first-order chi connectivity index (χ1) is 18.4. The van der Waals surface area contributed by atoms with Gasteiger partial charge in [0, 0.05) is 30.1 Å². The van der Waals surface area contributed by atoms with Crippen LogP contribution in [0.2, 0.25) is 0 Å². The molecule has 7 nitrogen and oxygen atoms in total. The second-order valence-electron chi connectivity index (χ2n) is 10.7. The second-order valence-corrected chi connectivity index (χ2v) is 11.2. The minimum atomic E-state index is -0.581. The van der Waals surface area contributed by atoms with Gasteiger partial charge in [0.2, 0.25) is 11.8 Å². The third-order valence-electron chi connectivity index (χ3n) is 8.46. The molecule has 38 heavy (non-hydrogen) atoms. The Bertz CT molecular complexity index is 1180. The summed E-state index contributed by atoms with van der Waals surface area (Å²) >= 11 is 4.50. The van der Waals surface area contributed by atoms with E-state index < -0.39 is 12.1 Å². The number of rotatable bonds is 7. The third-order valence-corrected chi connectivity index (χ3v) is 8.74. The lowest BCUT2D eigenvalue weighted by Gasteiger charge is -2.44. The molecule has 202 valence electrons. The number of carbonyl (C=O) groups excluding carboxylic acids is 3. The molecular weight excluding hydrogens is 498 g/mol. The average Bonchev–Trinajstić information content (AvgIpc) is 3.37. The van der Waals surface area contributed by atoms with E-state index in [-0.39, 0.29) is 36.1 Å². The molecule has 3 aliphatic rings. The minimum absolute atomic E-state index is 0.0169. The molecule has 0 unspecified atom stereocenters. The molecule has 1 N–H and O–H groups in total. The van der Waals surface area contributed by atoms with Crippen molar-refractivity contribution < 1.29 is 19.1 Å². The second kappa shape index (κ2) is 11.5. The fourth-order valence-electron chi connectivity index (χ4n) is 6.31. The topological polar surface area (TPSA) is 79.0 Å². The molecule has 0 radical (unpaired) electrons. The number of benzene rings is 2. The van der Waals surface area contributed by atoms with Crippen molar-refractivity contribution in [1.29, 1.82) is 0 Å². The Balaban J connectivity index is 1.47. The van der Waals surface area contributed by atoms with Crippen LogP contribution in [0.15, 0.2) is 47.4 Å². The van der Waals surface area contributed by atoms with Gasteiger partial charge < -0.3 is 19.9 Å². The van der Waals surface area contributed by atoms with E-state index in [4.69, 9.17) is 4.74 Å². The highest BCUT2D eigenvalue weighted by atomic mass is 32.1. The molecule has 2 aromatic rings. The van der Waals surface area contributed by atoms with Crippen LogP contribution in [0.4, 0.5) is 0 Å². The van der Waals surface area contributed by atoms with Gasteiger partial charge in [-0.3, -0.25) is 14.4 Å². The van der Waals surface area contributed by atoms with Gasteiger partial charge in [-0.05, 0) is 53.5 Å². The van der Waals surface area contributed by atoms with Crippen LogP contribution < -0.4 is 5.32 Å². The van der Waals surface area contributed by atoms with Crippen molar-refractivity contribution in [2.24, 2.45) is 11.8 Å². The summed E-state index contributed by atoms with van der Waals surface area (Å²) in [6.07, 6.45) is 3.11. The zero-order valence-electron chi connectivity index (χ0n) is 22.2. The van der Waals surface area contributed by atoms with Crippen LogP contribution in [0.3, 0.4) is 0 Å². The molecule has 1 aliphatic carbocycles. The Morgan fingerprint density at radius 3 is 2.34 bits per heavy atom. The van der Waals surface area contributed by atoms with Crippen molar-refractivity contribution in [3.05, 3.63) is 64.7 Å². The van der Waals surface area contributed by atoms with E-state index in [1.54, 1.807) is 15.9 Å². The number of fused-ring (bicyclic) bond motifs is 1. The third kappa shape index (κ3) is 5.21. The quantitative estimate of drug-likeness (QED) is 0.532. The maximum atomic E-state index is 14.2. The number of hydrogen-bond donors (Lipinski definition) is 2. The first kappa shape index (κ1) is 26.8. The van der Waals surface area contributed by atoms with E-state index in [1.807, 2.05) is 24.3 Å². The molecule has 8 heteroatoms. The van der Waals surface area contributed by atoms with Crippen LogP contribution in [0.25, 0.3) is 0 Å². The minimum Gasteiger partial charge on any atom is -0.378 e. The summed E-state index contributed by atoms with van der Waals surface area (Å²) in [4.78, 5) is 45.6. The molecule has 0 aromatic heterocycles. The number of nitrogens with one attached hydrogen (secondary N) is 1. The summed E-state index contributed by atoms with van der Waals surface area (Å²) in [6.45, 7) is 6.41. The number of hydrogen-bond acceptors (Lipinski definition) is 5. The van der Waals surface area contributed by atoms with Gasteiger partial charge in [0.25, 0.3) is 5.91 Å². The largest absolute Gasteiger partial charge is 0.378 e. The van der Waals surface area contributed by atoms with Crippen LogP contribution in [-0.2, 0) is 33.7 Å². The Labute approximate surface area is 230 Å². The normalized spacial score (nSPS) is 22.1. The van der Waals surface area contributed by atoms with Crippen molar-refractivity contribution in [3.8, 4) is 0 Å². The lowest BCUT2D eigenvalue weighted by atomic mass is 9.85. The monoisotopic (exact) mass is 535 g/mol. The number of ether oxygens (including phenoxy) is 1. The molecule has 0 spiro atoms. The fourth-order valence-corrected chi connectivity index (χ4v) is 6.51. The summed E-state index contributed by atoms with van der Waals surface area (Å²) in [6, 6.07) is 12.6. The van der Waals surface area contributed by atoms with Gasteiger partial charge in [-0.2, -0.15) is 0 Å². The molecule has 0 bridgehead atoms. The lowest BCUT2D eigenvalue weighted by molar-refractivity contribution is -0.154. The number of nitrogens with zero attached hydrogens (tertiary/aromatic N) is 2.